The summed E-state index contributed by atoms with van der Waals surface area (Å²) in [7, 11) is 0. The van der Waals surface area contributed by atoms with Gasteiger partial charge in [-0.3, -0.25) is 14.6 Å². The predicted molar refractivity (Wildman–Crippen MR) is 136 cm³/mol. The largest absolute Gasteiger partial charge is 0.423 e. The van der Waals surface area contributed by atoms with Crippen LogP contribution in [-0.4, -0.2) is 70.4 Å². The monoisotopic (exact) mass is 554 g/mol. The number of piperazine rings is 1. The number of pyridine rings is 2. The Hall–Kier alpha value is -4.51. The Kier molecular flexibility index (Phi) is 7.65. The van der Waals surface area contributed by atoms with E-state index in [-0.39, 0.29) is 37.8 Å². The summed E-state index contributed by atoms with van der Waals surface area (Å²) < 4.78 is 47.1. The average Bonchev–Trinajstić information content (AvgIpc) is 3.33. The number of alkyl halides is 3. The molecule has 0 radical (unpaired) electrons. The zero-order chi connectivity index (χ0) is 28.3. The lowest BCUT2D eigenvalue weighted by Gasteiger charge is -2.35. The van der Waals surface area contributed by atoms with Crippen LogP contribution >= 0.6 is 0 Å². The summed E-state index contributed by atoms with van der Waals surface area (Å²) in [5, 5.41) is 14.4. The number of halogens is 3. The number of carbonyl (C=O) groups is 1. The zero-order valence-corrected chi connectivity index (χ0v) is 21.3. The Morgan fingerprint density at radius 2 is 1.95 bits per heavy atom. The fraction of sp³-hybridized carbons (Fsp3) is 0.385. The number of hydrogen-bond donors (Lipinski definition) is 1. The lowest BCUT2D eigenvalue weighted by atomic mass is 10.1. The molecule has 1 saturated heterocycles. The SMILES string of the molecule is N#Cc1ccc(N2CCN(C(=O)CCOC[C@H]3c4ncccc4CN3c3cn[nH]c(=O)c3C(F)(F)F)CC2)nc1. The summed E-state index contributed by atoms with van der Waals surface area (Å²) in [6.07, 6.45) is -0.727. The van der Waals surface area contributed by atoms with Gasteiger partial charge in [-0.1, -0.05) is 6.07 Å². The summed E-state index contributed by atoms with van der Waals surface area (Å²) in [5.74, 6) is 0.654. The summed E-state index contributed by atoms with van der Waals surface area (Å²) in [4.78, 5) is 38.7. The van der Waals surface area contributed by atoms with E-state index in [1.165, 1.54) is 11.1 Å². The van der Waals surface area contributed by atoms with Crippen LogP contribution in [0.15, 0.2) is 47.7 Å². The minimum atomic E-state index is -4.88. The van der Waals surface area contributed by atoms with Crippen molar-refractivity contribution >= 4 is 17.4 Å². The molecule has 3 aromatic rings. The summed E-state index contributed by atoms with van der Waals surface area (Å²) in [6.45, 7) is 2.34. The number of nitriles is 1. The van der Waals surface area contributed by atoms with Crippen molar-refractivity contribution in [1.82, 2.24) is 25.1 Å². The Balaban J connectivity index is 1.18. The third-order valence-electron chi connectivity index (χ3n) is 6.96. The van der Waals surface area contributed by atoms with Crippen LogP contribution in [0.25, 0.3) is 0 Å². The van der Waals surface area contributed by atoms with Crippen LogP contribution in [-0.2, 0) is 22.3 Å². The van der Waals surface area contributed by atoms with Gasteiger partial charge in [0.1, 0.15) is 17.5 Å². The number of nitrogens with one attached hydrogen (secondary N) is 1. The molecule has 2 aliphatic heterocycles. The second kappa shape index (κ2) is 11.3. The van der Waals surface area contributed by atoms with Gasteiger partial charge in [0.05, 0.1) is 48.8 Å². The lowest BCUT2D eigenvalue weighted by molar-refractivity contribution is -0.138. The first-order valence-corrected chi connectivity index (χ1v) is 12.6. The second-order valence-corrected chi connectivity index (χ2v) is 9.36. The van der Waals surface area contributed by atoms with Crippen molar-refractivity contribution < 1.29 is 22.7 Å². The molecule has 0 aliphatic carbocycles. The molecule has 2 aliphatic rings. The van der Waals surface area contributed by atoms with Crippen LogP contribution in [0.3, 0.4) is 0 Å². The van der Waals surface area contributed by atoms with Gasteiger partial charge >= 0.3 is 6.18 Å². The molecular weight excluding hydrogens is 529 g/mol. The van der Waals surface area contributed by atoms with E-state index in [1.54, 1.807) is 35.4 Å². The Labute approximate surface area is 226 Å². The Bertz CT molecular complexity index is 1460. The van der Waals surface area contributed by atoms with Gasteiger partial charge in [-0.05, 0) is 23.8 Å². The maximum atomic E-state index is 13.8. The van der Waals surface area contributed by atoms with E-state index in [2.05, 4.69) is 15.1 Å². The van der Waals surface area contributed by atoms with Gasteiger partial charge in [0.15, 0.2) is 0 Å². The number of aromatic nitrogens is 4. The third-order valence-corrected chi connectivity index (χ3v) is 6.96. The van der Waals surface area contributed by atoms with Crippen molar-refractivity contribution in [3.8, 4) is 6.07 Å². The molecule has 40 heavy (non-hydrogen) atoms. The highest BCUT2D eigenvalue weighted by Crippen LogP contribution is 2.41. The molecule has 1 amide bonds. The molecule has 0 unspecified atom stereocenters. The molecule has 3 aromatic heterocycles. The fourth-order valence-corrected chi connectivity index (χ4v) is 4.97. The van der Waals surface area contributed by atoms with Gasteiger partial charge < -0.3 is 19.4 Å². The number of anilines is 2. The van der Waals surface area contributed by atoms with E-state index in [0.29, 0.717) is 37.4 Å². The summed E-state index contributed by atoms with van der Waals surface area (Å²) >= 11 is 0. The molecule has 208 valence electrons. The first-order chi connectivity index (χ1) is 19.3. The number of amides is 1. The summed E-state index contributed by atoms with van der Waals surface area (Å²) in [5.41, 5.74) is -1.26. The quantitative estimate of drug-likeness (QED) is 0.437. The third kappa shape index (κ3) is 5.59. The highest BCUT2D eigenvalue weighted by Gasteiger charge is 2.42. The Morgan fingerprint density at radius 1 is 1.15 bits per heavy atom. The maximum Gasteiger partial charge on any atom is 0.423 e. The van der Waals surface area contributed by atoms with Crippen molar-refractivity contribution in [2.75, 3.05) is 49.2 Å². The molecule has 0 spiro atoms. The smallest absolute Gasteiger partial charge is 0.378 e. The van der Waals surface area contributed by atoms with Gasteiger partial charge in [0.2, 0.25) is 5.91 Å². The number of fused-ring (bicyclic) bond motifs is 1. The summed E-state index contributed by atoms with van der Waals surface area (Å²) in [6, 6.07) is 8.28. The van der Waals surface area contributed by atoms with Crippen LogP contribution in [0.1, 0.15) is 34.8 Å². The van der Waals surface area contributed by atoms with E-state index < -0.39 is 23.3 Å². The standard InChI is InChI=1S/C26H25F3N8O3/c27-26(28,29)23-19(14-33-34-25(23)39)37-15-18-2-1-6-31-24(18)20(37)16-40-11-5-22(38)36-9-7-35(8-10-36)21-4-3-17(12-30)13-32-21/h1-4,6,13-14,20H,5,7-11,15-16H2,(H,34,39)/t20-/m0/s1. The van der Waals surface area contributed by atoms with E-state index in [4.69, 9.17) is 10.00 Å². The van der Waals surface area contributed by atoms with E-state index in [1.807, 2.05) is 16.1 Å². The highest BCUT2D eigenvalue weighted by molar-refractivity contribution is 5.76. The maximum absolute atomic E-state index is 13.8. The molecule has 11 nitrogen and oxygen atoms in total. The van der Waals surface area contributed by atoms with Crippen molar-refractivity contribution in [1.29, 1.82) is 5.26 Å². The van der Waals surface area contributed by atoms with Crippen LogP contribution in [0.2, 0.25) is 0 Å². The Morgan fingerprint density at radius 3 is 2.65 bits per heavy atom. The molecule has 5 heterocycles. The fourth-order valence-electron chi connectivity index (χ4n) is 4.97. The highest BCUT2D eigenvalue weighted by atomic mass is 19.4. The minimum Gasteiger partial charge on any atom is -0.378 e. The molecule has 0 saturated carbocycles. The van der Waals surface area contributed by atoms with Gasteiger partial charge in [-0.15, -0.1) is 0 Å². The van der Waals surface area contributed by atoms with Crippen LogP contribution in [0.5, 0.6) is 0 Å². The second-order valence-electron chi connectivity index (χ2n) is 9.36. The van der Waals surface area contributed by atoms with Gasteiger partial charge in [0, 0.05) is 45.1 Å². The van der Waals surface area contributed by atoms with Gasteiger partial charge in [-0.2, -0.15) is 23.5 Å². The number of nitrogens with zero attached hydrogens (tertiary/aromatic N) is 7. The molecule has 5 rings (SSSR count). The van der Waals surface area contributed by atoms with Crippen LogP contribution in [0, 0.1) is 11.3 Å². The normalized spacial score (nSPS) is 17.1. The first kappa shape index (κ1) is 27.1. The molecule has 0 bridgehead atoms. The number of rotatable bonds is 7. The number of carbonyl (C=O) groups excluding carboxylic acids is 1. The predicted octanol–water partition coefficient (Wildman–Crippen LogP) is 2.27. The van der Waals surface area contributed by atoms with Gasteiger partial charge in [0.25, 0.3) is 5.56 Å². The molecule has 0 aromatic carbocycles. The molecular formula is C26H25F3N8O3. The van der Waals surface area contributed by atoms with Crippen molar-refractivity contribution in [2.45, 2.75) is 25.2 Å². The lowest BCUT2D eigenvalue weighted by Crippen LogP contribution is -2.49. The van der Waals surface area contributed by atoms with Crippen LogP contribution in [0.4, 0.5) is 24.7 Å². The number of ether oxygens (including phenoxy) is 1. The van der Waals surface area contributed by atoms with Crippen molar-refractivity contribution in [3.63, 3.8) is 0 Å². The molecule has 1 N–H and O–H groups in total. The first-order valence-electron chi connectivity index (χ1n) is 12.6. The van der Waals surface area contributed by atoms with Crippen molar-refractivity contribution in [3.05, 3.63) is 75.6 Å². The minimum absolute atomic E-state index is 0.0282. The van der Waals surface area contributed by atoms with Gasteiger partial charge in [-0.25, -0.2) is 10.1 Å². The van der Waals surface area contributed by atoms with Crippen molar-refractivity contribution in [2.24, 2.45) is 0 Å². The number of hydrogen-bond acceptors (Lipinski definition) is 9. The topological polar surface area (TPSA) is 131 Å². The van der Waals surface area contributed by atoms with E-state index in [0.717, 1.165) is 17.6 Å². The van der Waals surface area contributed by atoms with E-state index >= 15 is 0 Å². The molecule has 1 fully saturated rings. The molecule has 14 heteroatoms. The molecule has 1 atom stereocenters. The zero-order valence-electron chi connectivity index (χ0n) is 21.3. The number of H-pyrrole nitrogens is 1. The number of aromatic amines is 1. The van der Waals surface area contributed by atoms with E-state index in [9.17, 15) is 22.8 Å². The van der Waals surface area contributed by atoms with Crippen LogP contribution < -0.4 is 15.4 Å². The average molecular weight is 555 g/mol.